The van der Waals surface area contributed by atoms with Crippen molar-refractivity contribution < 1.29 is 9.53 Å². The first-order valence-corrected chi connectivity index (χ1v) is 6.79. The lowest BCUT2D eigenvalue weighted by molar-refractivity contribution is -0.144. The number of rotatable bonds is 4. The first-order chi connectivity index (χ1) is 8.79. The first-order valence-electron chi connectivity index (χ1n) is 6.79. The molecule has 0 aromatic heterocycles. The Morgan fingerprint density at radius 1 is 1.28 bits per heavy atom. The van der Waals surface area contributed by atoms with Crippen LogP contribution >= 0.6 is 0 Å². The third kappa shape index (κ3) is 3.60. The van der Waals surface area contributed by atoms with Crippen molar-refractivity contribution >= 4 is 5.97 Å². The van der Waals surface area contributed by atoms with Gasteiger partial charge < -0.3 is 9.64 Å². The van der Waals surface area contributed by atoms with E-state index in [1.165, 1.54) is 5.70 Å². The molecule has 0 saturated carbocycles. The fourth-order valence-corrected chi connectivity index (χ4v) is 2.39. The molecule has 0 spiro atoms. The molecule has 1 aliphatic carbocycles. The minimum atomic E-state index is -0.109. The lowest BCUT2D eigenvalue weighted by atomic mass is 10.1. The van der Waals surface area contributed by atoms with Gasteiger partial charge in [0.25, 0.3) is 0 Å². The van der Waals surface area contributed by atoms with Gasteiger partial charge in [-0.2, -0.15) is 0 Å². The van der Waals surface area contributed by atoms with E-state index in [-0.39, 0.29) is 5.97 Å². The average Bonchev–Trinajstić information content (AvgIpc) is 2.41. The van der Waals surface area contributed by atoms with E-state index < -0.39 is 0 Å². The van der Waals surface area contributed by atoms with Crippen molar-refractivity contribution in [2.45, 2.75) is 19.8 Å². The second-order valence-corrected chi connectivity index (χ2v) is 4.68. The first kappa shape index (κ1) is 13.1. The van der Waals surface area contributed by atoms with Gasteiger partial charge in [0.15, 0.2) is 0 Å². The molecule has 4 heteroatoms. The average molecular weight is 250 g/mol. The van der Waals surface area contributed by atoms with Gasteiger partial charge in [0, 0.05) is 31.9 Å². The molecule has 1 heterocycles. The van der Waals surface area contributed by atoms with Crippen molar-refractivity contribution in [1.29, 1.82) is 0 Å². The highest BCUT2D eigenvalue weighted by Gasteiger charge is 2.20. The van der Waals surface area contributed by atoms with Gasteiger partial charge in [-0.3, -0.25) is 9.69 Å². The summed E-state index contributed by atoms with van der Waals surface area (Å²) in [7, 11) is 0. The Morgan fingerprint density at radius 3 is 2.67 bits per heavy atom. The molecule has 0 atom stereocenters. The van der Waals surface area contributed by atoms with Crippen LogP contribution in [-0.4, -0.2) is 55.1 Å². The van der Waals surface area contributed by atoms with Crippen molar-refractivity contribution in [3.05, 3.63) is 23.9 Å². The molecule has 2 rings (SSSR count). The van der Waals surface area contributed by atoms with Gasteiger partial charge in [0.1, 0.15) is 0 Å². The lowest BCUT2D eigenvalue weighted by Crippen LogP contribution is -2.47. The van der Waals surface area contributed by atoms with E-state index in [1.54, 1.807) is 0 Å². The van der Waals surface area contributed by atoms with Gasteiger partial charge >= 0.3 is 5.97 Å². The van der Waals surface area contributed by atoms with E-state index in [4.69, 9.17) is 4.74 Å². The van der Waals surface area contributed by atoms with Crippen LogP contribution in [0, 0.1) is 0 Å². The van der Waals surface area contributed by atoms with Crippen molar-refractivity contribution in [3.63, 3.8) is 0 Å². The zero-order chi connectivity index (χ0) is 12.8. The van der Waals surface area contributed by atoms with Crippen molar-refractivity contribution in [2.75, 3.05) is 39.3 Å². The van der Waals surface area contributed by atoms with E-state index in [0.29, 0.717) is 13.2 Å². The minimum Gasteiger partial charge on any atom is -0.465 e. The molecule has 0 amide bonds. The van der Waals surface area contributed by atoms with E-state index in [1.807, 2.05) is 6.92 Å². The molecule has 2 aliphatic rings. The quantitative estimate of drug-likeness (QED) is 0.706. The van der Waals surface area contributed by atoms with Gasteiger partial charge in [-0.15, -0.1) is 0 Å². The summed E-state index contributed by atoms with van der Waals surface area (Å²) in [5.41, 5.74) is 1.34. The Hall–Kier alpha value is -1.29. The molecule has 1 saturated heterocycles. The molecule has 0 aromatic rings. The fourth-order valence-electron chi connectivity index (χ4n) is 2.39. The maximum absolute atomic E-state index is 11.4. The number of carbonyl (C=O) groups is 1. The molecular formula is C14H22N2O2. The number of esters is 1. The topological polar surface area (TPSA) is 32.8 Å². The smallest absolute Gasteiger partial charge is 0.320 e. The highest BCUT2D eigenvalue weighted by Crippen LogP contribution is 2.16. The molecule has 0 unspecified atom stereocenters. The zero-order valence-electron chi connectivity index (χ0n) is 11.1. The SMILES string of the molecule is CCOC(=O)CN1CCN(C2=CCCC=C2)CC1. The summed E-state index contributed by atoms with van der Waals surface area (Å²) in [6.07, 6.45) is 9.06. The zero-order valence-corrected chi connectivity index (χ0v) is 11.1. The Labute approximate surface area is 109 Å². The highest BCUT2D eigenvalue weighted by atomic mass is 16.5. The van der Waals surface area contributed by atoms with Crippen LogP contribution in [0.25, 0.3) is 0 Å². The minimum absolute atomic E-state index is 0.109. The standard InChI is InChI=1S/C14H22N2O2/c1-2-18-14(17)12-15-8-10-16(11-9-15)13-6-4-3-5-7-13/h4,6-7H,2-3,5,8-12H2,1H3. The van der Waals surface area contributed by atoms with Gasteiger partial charge in [-0.1, -0.05) is 12.2 Å². The van der Waals surface area contributed by atoms with Crippen LogP contribution in [-0.2, 0) is 9.53 Å². The third-order valence-electron chi connectivity index (χ3n) is 3.37. The number of nitrogens with zero attached hydrogens (tertiary/aromatic N) is 2. The monoisotopic (exact) mass is 250 g/mol. The molecule has 4 nitrogen and oxygen atoms in total. The second kappa shape index (κ2) is 6.59. The third-order valence-corrected chi connectivity index (χ3v) is 3.37. The van der Waals surface area contributed by atoms with Gasteiger partial charge in [0.05, 0.1) is 13.2 Å². The van der Waals surface area contributed by atoms with E-state index >= 15 is 0 Å². The van der Waals surface area contributed by atoms with Crippen molar-refractivity contribution in [2.24, 2.45) is 0 Å². The summed E-state index contributed by atoms with van der Waals surface area (Å²) in [4.78, 5) is 16.0. The number of ether oxygens (including phenoxy) is 1. The number of allylic oxidation sites excluding steroid dienone is 3. The number of hydrogen-bond acceptors (Lipinski definition) is 4. The molecule has 0 N–H and O–H groups in total. The van der Waals surface area contributed by atoms with Crippen molar-refractivity contribution in [3.8, 4) is 0 Å². The molecule has 0 radical (unpaired) electrons. The van der Waals surface area contributed by atoms with Gasteiger partial charge in [0.2, 0.25) is 0 Å². The maximum atomic E-state index is 11.4. The Kier molecular flexibility index (Phi) is 4.81. The highest BCUT2D eigenvalue weighted by molar-refractivity contribution is 5.71. The molecule has 0 aromatic carbocycles. The van der Waals surface area contributed by atoms with Crippen LogP contribution in [0.3, 0.4) is 0 Å². The lowest BCUT2D eigenvalue weighted by Gasteiger charge is -2.36. The summed E-state index contributed by atoms with van der Waals surface area (Å²) in [5, 5.41) is 0. The van der Waals surface area contributed by atoms with Crippen molar-refractivity contribution in [1.82, 2.24) is 9.80 Å². The summed E-state index contributed by atoms with van der Waals surface area (Å²) in [6.45, 7) is 6.60. The number of piperazine rings is 1. The van der Waals surface area contributed by atoms with Crippen LogP contribution in [0.1, 0.15) is 19.8 Å². The predicted octanol–water partition coefficient (Wildman–Crippen LogP) is 1.40. The molecule has 100 valence electrons. The van der Waals surface area contributed by atoms with Crippen LogP contribution in [0.15, 0.2) is 23.9 Å². The molecular weight excluding hydrogens is 228 g/mol. The summed E-state index contributed by atoms with van der Waals surface area (Å²) < 4.78 is 4.97. The summed E-state index contributed by atoms with van der Waals surface area (Å²) >= 11 is 0. The van der Waals surface area contributed by atoms with E-state index in [9.17, 15) is 4.79 Å². The number of hydrogen-bond donors (Lipinski definition) is 0. The van der Waals surface area contributed by atoms with Crippen LogP contribution in [0.2, 0.25) is 0 Å². The molecule has 1 aliphatic heterocycles. The van der Waals surface area contributed by atoms with E-state index in [0.717, 1.165) is 39.0 Å². The largest absolute Gasteiger partial charge is 0.465 e. The maximum Gasteiger partial charge on any atom is 0.320 e. The predicted molar refractivity (Wildman–Crippen MR) is 71.1 cm³/mol. The molecule has 0 bridgehead atoms. The Bertz CT molecular complexity index is 342. The molecule has 1 fully saturated rings. The second-order valence-electron chi connectivity index (χ2n) is 4.68. The Morgan fingerprint density at radius 2 is 2.06 bits per heavy atom. The fraction of sp³-hybridized carbons (Fsp3) is 0.643. The van der Waals surface area contributed by atoms with E-state index in [2.05, 4.69) is 28.0 Å². The normalized spacial score (nSPS) is 20.7. The van der Waals surface area contributed by atoms with Gasteiger partial charge in [-0.25, -0.2) is 0 Å². The molecule has 18 heavy (non-hydrogen) atoms. The summed E-state index contributed by atoms with van der Waals surface area (Å²) in [5.74, 6) is -0.109. The van der Waals surface area contributed by atoms with Crippen LogP contribution < -0.4 is 0 Å². The Balaban J connectivity index is 1.76. The van der Waals surface area contributed by atoms with Crippen LogP contribution in [0.4, 0.5) is 0 Å². The van der Waals surface area contributed by atoms with Gasteiger partial charge in [-0.05, 0) is 25.8 Å². The summed E-state index contributed by atoms with van der Waals surface area (Å²) in [6, 6.07) is 0. The number of carbonyl (C=O) groups excluding carboxylic acids is 1. The van der Waals surface area contributed by atoms with Crippen LogP contribution in [0.5, 0.6) is 0 Å².